The van der Waals surface area contributed by atoms with Crippen LogP contribution in [0.3, 0.4) is 0 Å². The Morgan fingerprint density at radius 1 is 1.19 bits per heavy atom. The first-order valence-corrected chi connectivity index (χ1v) is 6.19. The van der Waals surface area contributed by atoms with Crippen molar-refractivity contribution in [3.05, 3.63) is 58.5 Å². The molecule has 0 atom stereocenters. The van der Waals surface area contributed by atoms with Crippen LogP contribution in [0.5, 0.6) is 0 Å². The summed E-state index contributed by atoms with van der Waals surface area (Å²) in [6.45, 7) is 0.893. The summed E-state index contributed by atoms with van der Waals surface area (Å²) in [7, 11) is 0. The van der Waals surface area contributed by atoms with E-state index in [4.69, 9.17) is 0 Å². The van der Waals surface area contributed by atoms with Gasteiger partial charge in [-0.3, -0.25) is 19.9 Å². The maximum absolute atomic E-state index is 11.8. The van der Waals surface area contributed by atoms with Crippen molar-refractivity contribution in [2.24, 2.45) is 0 Å². The molecule has 1 amide bonds. The molecule has 8 nitrogen and oxygen atoms in total. The van der Waals surface area contributed by atoms with E-state index < -0.39 is 4.92 Å². The van der Waals surface area contributed by atoms with Crippen molar-refractivity contribution in [2.75, 3.05) is 18.4 Å². The number of amides is 1. The fourth-order valence-electron chi connectivity index (χ4n) is 1.59. The van der Waals surface area contributed by atoms with Gasteiger partial charge < -0.3 is 10.6 Å². The van der Waals surface area contributed by atoms with E-state index in [9.17, 15) is 14.9 Å². The SMILES string of the molecule is O=C(NCCNc1cnccn1)c1ccc([N+](=O)[O-])cc1. The fourth-order valence-corrected chi connectivity index (χ4v) is 1.59. The third kappa shape index (κ3) is 4.23. The Balaban J connectivity index is 1.78. The second-order valence-corrected chi connectivity index (χ2v) is 4.08. The Morgan fingerprint density at radius 3 is 2.57 bits per heavy atom. The van der Waals surface area contributed by atoms with E-state index in [2.05, 4.69) is 20.6 Å². The molecule has 8 heteroatoms. The van der Waals surface area contributed by atoms with Gasteiger partial charge >= 0.3 is 0 Å². The summed E-state index contributed by atoms with van der Waals surface area (Å²) in [6, 6.07) is 5.44. The first-order valence-electron chi connectivity index (χ1n) is 6.19. The largest absolute Gasteiger partial charge is 0.367 e. The van der Waals surface area contributed by atoms with E-state index in [0.29, 0.717) is 24.5 Å². The summed E-state index contributed by atoms with van der Waals surface area (Å²) >= 11 is 0. The lowest BCUT2D eigenvalue weighted by molar-refractivity contribution is -0.384. The molecule has 0 unspecified atom stereocenters. The number of nitrogens with zero attached hydrogens (tertiary/aromatic N) is 3. The van der Waals surface area contributed by atoms with Crippen LogP contribution in [0.15, 0.2) is 42.9 Å². The molecule has 0 radical (unpaired) electrons. The van der Waals surface area contributed by atoms with Crippen LogP contribution >= 0.6 is 0 Å². The first kappa shape index (κ1) is 14.4. The minimum Gasteiger partial charge on any atom is -0.367 e. The van der Waals surface area contributed by atoms with Gasteiger partial charge in [-0.1, -0.05) is 0 Å². The molecule has 0 bridgehead atoms. The number of aromatic nitrogens is 2. The van der Waals surface area contributed by atoms with Gasteiger partial charge in [-0.25, -0.2) is 4.98 Å². The van der Waals surface area contributed by atoms with Crippen molar-refractivity contribution in [2.45, 2.75) is 0 Å². The quantitative estimate of drug-likeness (QED) is 0.469. The molecule has 2 aromatic rings. The van der Waals surface area contributed by atoms with Gasteiger partial charge in [0, 0.05) is 43.2 Å². The molecule has 108 valence electrons. The maximum Gasteiger partial charge on any atom is 0.269 e. The highest BCUT2D eigenvalue weighted by molar-refractivity contribution is 5.94. The van der Waals surface area contributed by atoms with Gasteiger partial charge in [0.2, 0.25) is 0 Å². The fraction of sp³-hybridized carbons (Fsp3) is 0.154. The van der Waals surface area contributed by atoms with Crippen LogP contribution in [0, 0.1) is 10.1 Å². The number of benzene rings is 1. The Morgan fingerprint density at radius 2 is 1.95 bits per heavy atom. The van der Waals surface area contributed by atoms with Gasteiger partial charge in [0.05, 0.1) is 11.1 Å². The number of rotatable bonds is 6. The van der Waals surface area contributed by atoms with Crippen LogP contribution in [0.25, 0.3) is 0 Å². The zero-order valence-corrected chi connectivity index (χ0v) is 11.0. The monoisotopic (exact) mass is 287 g/mol. The molecule has 0 aliphatic heterocycles. The van der Waals surface area contributed by atoms with Crippen molar-refractivity contribution in [3.8, 4) is 0 Å². The predicted octanol–water partition coefficient (Wildman–Crippen LogP) is 1.23. The number of non-ortho nitro benzene ring substituents is 1. The number of carbonyl (C=O) groups is 1. The normalized spacial score (nSPS) is 9.90. The highest BCUT2D eigenvalue weighted by Crippen LogP contribution is 2.11. The molecule has 0 saturated carbocycles. The van der Waals surface area contributed by atoms with Crippen LogP contribution < -0.4 is 10.6 Å². The Kier molecular flexibility index (Phi) is 4.75. The van der Waals surface area contributed by atoms with E-state index in [1.54, 1.807) is 18.6 Å². The molecule has 0 saturated heterocycles. The molecule has 1 aromatic carbocycles. The molecule has 0 aliphatic carbocycles. The first-order chi connectivity index (χ1) is 10.2. The van der Waals surface area contributed by atoms with Crippen molar-refractivity contribution >= 4 is 17.4 Å². The number of anilines is 1. The molecule has 1 heterocycles. The van der Waals surface area contributed by atoms with E-state index in [-0.39, 0.29) is 11.6 Å². The standard InChI is InChI=1S/C13H13N5O3/c19-13(10-1-3-11(4-2-10)18(20)21)17-8-7-16-12-9-14-5-6-15-12/h1-6,9H,7-8H2,(H,15,16)(H,17,19). The molecule has 2 N–H and O–H groups in total. The molecular weight excluding hydrogens is 274 g/mol. The average molecular weight is 287 g/mol. The summed E-state index contributed by atoms with van der Waals surface area (Å²) in [4.78, 5) is 29.7. The van der Waals surface area contributed by atoms with E-state index in [1.165, 1.54) is 24.3 Å². The predicted molar refractivity (Wildman–Crippen MR) is 76.0 cm³/mol. The Labute approximate surface area is 120 Å². The van der Waals surface area contributed by atoms with Crippen LogP contribution in [-0.2, 0) is 0 Å². The van der Waals surface area contributed by atoms with Crippen LogP contribution in [0.2, 0.25) is 0 Å². The number of nitro groups is 1. The topological polar surface area (TPSA) is 110 Å². The molecular formula is C13H13N5O3. The summed E-state index contributed by atoms with van der Waals surface area (Å²) in [5.74, 6) is 0.341. The van der Waals surface area contributed by atoms with Crippen LogP contribution in [0.4, 0.5) is 11.5 Å². The molecule has 1 aromatic heterocycles. The van der Waals surface area contributed by atoms with Gasteiger partial charge in [0.1, 0.15) is 5.82 Å². The van der Waals surface area contributed by atoms with Crippen molar-refractivity contribution in [3.63, 3.8) is 0 Å². The molecule has 2 rings (SSSR count). The average Bonchev–Trinajstić information content (AvgIpc) is 2.52. The van der Waals surface area contributed by atoms with E-state index >= 15 is 0 Å². The third-order valence-electron chi connectivity index (χ3n) is 2.62. The van der Waals surface area contributed by atoms with Gasteiger partial charge in [0.15, 0.2) is 0 Å². The lowest BCUT2D eigenvalue weighted by Gasteiger charge is -2.06. The second kappa shape index (κ2) is 6.94. The van der Waals surface area contributed by atoms with Crippen LogP contribution in [0.1, 0.15) is 10.4 Å². The van der Waals surface area contributed by atoms with Crippen molar-refractivity contribution < 1.29 is 9.72 Å². The van der Waals surface area contributed by atoms with Crippen molar-refractivity contribution in [1.29, 1.82) is 0 Å². The maximum atomic E-state index is 11.8. The number of carbonyl (C=O) groups excluding carboxylic acids is 1. The second-order valence-electron chi connectivity index (χ2n) is 4.08. The van der Waals surface area contributed by atoms with E-state index in [0.717, 1.165) is 0 Å². The van der Waals surface area contributed by atoms with Gasteiger partial charge in [0.25, 0.3) is 11.6 Å². The summed E-state index contributed by atoms with van der Waals surface area (Å²) in [5.41, 5.74) is 0.330. The Hall–Kier alpha value is -3.03. The van der Waals surface area contributed by atoms with Gasteiger partial charge in [-0.05, 0) is 12.1 Å². The van der Waals surface area contributed by atoms with Gasteiger partial charge in [-0.15, -0.1) is 0 Å². The highest BCUT2D eigenvalue weighted by atomic mass is 16.6. The molecule has 0 fully saturated rings. The number of hydrogen-bond donors (Lipinski definition) is 2. The van der Waals surface area contributed by atoms with Crippen LogP contribution in [-0.4, -0.2) is 33.9 Å². The molecule has 21 heavy (non-hydrogen) atoms. The smallest absolute Gasteiger partial charge is 0.269 e. The number of hydrogen-bond acceptors (Lipinski definition) is 6. The van der Waals surface area contributed by atoms with E-state index in [1.807, 2.05) is 0 Å². The van der Waals surface area contributed by atoms with Crippen molar-refractivity contribution in [1.82, 2.24) is 15.3 Å². The lowest BCUT2D eigenvalue weighted by atomic mass is 10.2. The number of nitro benzene ring substituents is 1. The zero-order chi connectivity index (χ0) is 15.1. The summed E-state index contributed by atoms with van der Waals surface area (Å²) in [5, 5.41) is 16.2. The summed E-state index contributed by atoms with van der Waals surface area (Å²) < 4.78 is 0. The Bertz CT molecular complexity index is 615. The third-order valence-corrected chi connectivity index (χ3v) is 2.62. The zero-order valence-electron chi connectivity index (χ0n) is 11.0. The minimum absolute atomic E-state index is 0.0455. The lowest BCUT2D eigenvalue weighted by Crippen LogP contribution is -2.28. The number of nitrogens with one attached hydrogen (secondary N) is 2. The van der Waals surface area contributed by atoms with Gasteiger partial charge in [-0.2, -0.15) is 0 Å². The minimum atomic E-state index is -0.507. The highest BCUT2D eigenvalue weighted by Gasteiger charge is 2.08. The molecule has 0 aliphatic rings. The summed E-state index contributed by atoms with van der Waals surface area (Å²) in [6.07, 6.45) is 4.72. The molecule has 0 spiro atoms.